The van der Waals surface area contributed by atoms with Crippen molar-refractivity contribution < 1.29 is 14.3 Å². The first-order valence-corrected chi connectivity index (χ1v) is 5.35. The van der Waals surface area contributed by atoms with Crippen molar-refractivity contribution in [2.75, 3.05) is 7.11 Å². The summed E-state index contributed by atoms with van der Waals surface area (Å²) in [6.45, 7) is 5.84. The van der Waals surface area contributed by atoms with Crippen LogP contribution in [0.2, 0.25) is 0 Å². The first-order valence-electron chi connectivity index (χ1n) is 5.35. The fourth-order valence-electron chi connectivity index (χ4n) is 1.41. The minimum absolute atomic E-state index is 0.0768. The smallest absolute Gasteiger partial charge is 0.347 e. The first-order chi connectivity index (χ1) is 7.54. The topological polar surface area (TPSA) is 35.5 Å². The highest BCUT2D eigenvalue weighted by Crippen LogP contribution is 2.18. The molecule has 0 unspecified atom stereocenters. The molecule has 1 rings (SSSR count). The summed E-state index contributed by atoms with van der Waals surface area (Å²) in [5.74, 6) is 0.438. The van der Waals surface area contributed by atoms with E-state index in [1.807, 2.05) is 45.0 Å². The van der Waals surface area contributed by atoms with Gasteiger partial charge in [0, 0.05) is 5.92 Å². The lowest BCUT2D eigenvalue weighted by molar-refractivity contribution is -0.150. The van der Waals surface area contributed by atoms with Crippen molar-refractivity contribution in [3.8, 4) is 5.75 Å². The number of ether oxygens (including phenoxy) is 2. The third-order valence-corrected chi connectivity index (χ3v) is 2.29. The molecule has 0 amide bonds. The highest BCUT2D eigenvalue weighted by Gasteiger charge is 2.24. The molecule has 3 heteroatoms. The van der Waals surface area contributed by atoms with Gasteiger partial charge in [0.2, 0.25) is 0 Å². The SMILES string of the molecule is COC(=O)[C@H](Oc1cccc(C)c1)C(C)C. The lowest BCUT2D eigenvalue weighted by atomic mass is 10.1. The van der Waals surface area contributed by atoms with Crippen LogP contribution in [0.5, 0.6) is 5.75 Å². The fourth-order valence-corrected chi connectivity index (χ4v) is 1.41. The van der Waals surface area contributed by atoms with Crippen LogP contribution in [0.4, 0.5) is 0 Å². The van der Waals surface area contributed by atoms with Crippen molar-refractivity contribution in [3.05, 3.63) is 29.8 Å². The van der Waals surface area contributed by atoms with E-state index in [4.69, 9.17) is 9.47 Å². The van der Waals surface area contributed by atoms with Gasteiger partial charge in [0.25, 0.3) is 0 Å². The molecule has 0 aromatic heterocycles. The predicted molar refractivity (Wildman–Crippen MR) is 62.4 cm³/mol. The Labute approximate surface area is 96.4 Å². The second-order valence-corrected chi connectivity index (χ2v) is 4.12. The molecule has 0 radical (unpaired) electrons. The maximum absolute atomic E-state index is 11.5. The third kappa shape index (κ3) is 3.26. The maximum Gasteiger partial charge on any atom is 0.347 e. The van der Waals surface area contributed by atoms with Crippen LogP contribution in [0.1, 0.15) is 19.4 Å². The third-order valence-electron chi connectivity index (χ3n) is 2.29. The molecule has 1 atom stereocenters. The summed E-state index contributed by atoms with van der Waals surface area (Å²) in [4.78, 5) is 11.5. The molecule has 0 spiro atoms. The van der Waals surface area contributed by atoms with Gasteiger partial charge in [0.15, 0.2) is 6.10 Å². The van der Waals surface area contributed by atoms with E-state index >= 15 is 0 Å². The Kier molecular flexibility index (Phi) is 4.35. The number of aryl methyl sites for hydroxylation is 1. The Morgan fingerprint density at radius 2 is 2.00 bits per heavy atom. The minimum Gasteiger partial charge on any atom is -0.478 e. The number of carbonyl (C=O) groups excluding carboxylic acids is 1. The predicted octanol–water partition coefficient (Wildman–Crippen LogP) is 2.57. The van der Waals surface area contributed by atoms with E-state index in [2.05, 4.69) is 0 Å². The second-order valence-electron chi connectivity index (χ2n) is 4.12. The van der Waals surface area contributed by atoms with Crippen LogP contribution in [0, 0.1) is 12.8 Å². The van der Waals surface area contributed by atoms with Crippen molar-refractivity contribution in [1.29, 1.82) is 0 Å². The quantitative estimate of drug-likeness (QED) is 0.734. The van der Waals surface area contributed by atoms with Crippen LogP contribution < -0.4 is 4.74 Å². The van der Waals surface area contributed by atoms with Gasteiger partial charge in [-0.3, -0.25) is 0 Å². The Morgan fingerprint density at radius 3 is 2.50 bits per heavy atom. The number of hydrogen-bond donors (Lipinski definition) is 0. The molecule has 0 fully saturated rings. The molecular formula is C13H18O3. The molecule has 1 aromatic rings. The standard InChI is InChI=1S/C13H18O3/c1-9(2)12(13(14)15-4)16-11-7-5-6-10(3)8-11/h5-9,12H,1-4H3/t12-/m1/s1. The average molecular weight is 222 g/mol. The summed E-state index contributed by atoms with van der Waals surface area (Å²) in [5, 5.41) is 0. The van der Waals surface area contributed by atoms with Crippen molar-refractivity contribution >= 4 is 5.97 Å². The van der Waals surface area contributed by atoms with Gasteiger partial charge in [0.05, 0.1) is 7.11 Å². The molecule has 16 heavy (non-hydrogen) atoms. The average Bonchev–Trinajstić information content (AvgIpc) is 2.24. The molecular weight excluding hydrogens is 204 g/mol. The number of carbonyl (C=O) groups is 1. The van der Waals surface area contributed by atoms with E-state index in [1.165, 1.54) is 7.11 Å². The summed E-state index contributed by atoms with van der Waals surface area (Å²) in [6, 6.07) is 7.62. The summed E-state index contributed by atoms with van der Waals surface area (Å²) >= 11 is 0. The Morgan fingerprint density at radius 1 is 1.31 bits per heavy atom. The van der Waals surface area contributed by atoms with Gasteiger partial charge < -0.3 is 9.47 Å². The van der Waals surface area contributed by atoms with Crippen LogP contribution in [0.3, 0.4) is 0 Å². The maximum atomic E-state index is 11.5. The summed E-state index contributed by atoms with van der Waals surface area (Å²) in [7, 11) is 1.37. The van der Waals surface area contributed by atoms with Gasteiger partial charge in [0.1, 0.15) is 5.75 Å². The van der Waals surface area contributed by atoms with Crippen molar-refractivity contribution in [2.24, 2.45) is 5.92 Å². The van der Waals surface area contributed by atoms with Crippen molar-refractivity contribution in [3.63, 3.8) is 0 Å². The van der Waals surface area contributed by atoms with Crippen molar-refractivity contribution in [2.45, 2.75) is 26.9 Å². The zero-order chi connectivity index (χ0) is 12.1. The highest BCUT2D eigenvalue weighted by atomic mass is 16.6. The normalized spacial score (nSPS) is 12.3. The molecule has 0 aliphatic carbocycles. The van der Waals surface area contributed by atoms with Gasteiger partial charge in [-0.25, -0.2) is 4.79 Å². The Balaban J connectivity index is 2.79. The Bertz CT molecular complexity index is 358. The second kappa shape index (κ2) is 5.54. The van der Waals surface area contributed by atoms with Gasteiger partial charge in [-0.2, -0.15) is 0 Å². The van der Waals surface area contributed by atoms with Gasteiger partial charge in [-0.05, 0) is 24.6 Å². The van der Waals surface area contributed by atoms with Crippen LogP contribution in [0.15, 0.2) is 24.3 Å². The molecule has 3 nitrogen and oxygen atoms in total. The molecule has 1 aromatic carbocycles. The molecule has 0 aliphatic rings. The summed E-state index contributed by atoms with van der Waals surface area (Å²) < 4.78 is 10.3. The largest absolute Gasteiger partial charge is 0.478 e. The number of hydrogen-bond acceptors (Lipinski definition) is 3. The minimum atomic E-state index is -0.549. The molecule has 0 N–H and O–H groups in total. The zero-order valence-corrected chi connectivity index (χ0v) is 10.2. The number of benzene rings is 1. The van der Waals surface area contributed by atoms with E-state index in [0.29, 0.717) is 5.75 Å². The molecule has 0 bridgehead atoms. The van der Waals surface area contributed by atoms with Crippen LogP contribution in [-0.2, 0) is 9.53 Å². The monoisotopic (exact) mass is 222 g/mol. The highest BCUT2D eigenvalue weighted by molar-refractivity contribution is 5.75. The van der Waals surface area contributed by atoms with E-state index in [0.717, 1.165) is 5.56 Å². The van der Waals surface area contributed by atoms with E-state index < -0.39 is 6.10 Å². The van der Waals surface area contributed by atoms with E-state index in [9.17, 15) is 4.79 Å². The molecule has 0 aliphatic heterocycles. The van der Waals surface area contributed by atoms with E-state index in [1.54, 1.807) is 0 Å². The van der Waals surface area contributed by atoms with Crippen LogP contribution in [0.25, 0.3) is 0 Å². The lowest BCUT2D eigenvalue weighted by Crippen LogP contribution is -2.33. The molecule has 0 saturated carbocycles. The zero-order valence-electron chi connectivity index (χ0n) is 10.2. The lowest BCUT2D eigenvalue weighted by Gasteiger charge is -2.20. The van der Waals surface area contributed by atoms with Gasteiger partial charge in [-0.1, -0.05) is 26.0 Å². The van der Waals surface area contributed by atoms with Crippen molar-refractivity contribution in [1.82, 2.24) is 0 Å². The summed E-state index contributed by atoms with van der Waals surface area (Å²) in [5.41, 5.74) is 1.10. The van der Waals surface area contributed by atoms with Crippen LogP contribution >= 0.6 is 0 Å². The van der Waals surface area contributed by atoms with Crippen LogP contribution in [-0.4, -0.2) is 19.2 Å². The molecule has 0 saturated heterocycles. The van der Waals surface area contributed by atoms with E-state index in [-0.39, 0.29) is 11.9 Å². The number of rotatable bonds is 4. The number of esters is 1. The fraction of sp³-hybridized carbons (Fsp3) is 0.462. The summed E-state index contributed by atoms with van der Waals surface area (Å²) in [6.07, 6.45) is -0.549. The molecule has 88 valence electrons. The Hall–Kier alpha value is -1.51. The van der Waals surface area contributed by atoms with Gasteiger partial charge in [-0.15, -0.1) is 0 Å². The first kappa shape index (κ1) is 12.6. The van der Waals surface area contributed by atoms with Gasteiger partial charge >= 0.3 is 5.97 Å². The number of methoxy groups -OCH3 is 1. The molecule has 0 heterocycles.